The van der Waals surface area contributed by atoms with Crippen LogP contribution in [0.15, 0.2) is 88.7 Å². The molecular weight excluding hydrogens is 442 g/mol. The number of allylic oxidation sites excluding steroid dienone is 3. The van der Waals surface area contributed by atoms with Gasteiger partial charge in [0.25, 0.3) is 5.91 Å². The highest BCUT2D eigenvalue weighted by Crippen LogP contribution is 2.46. The zero-order valence-corrected chi connectivity index (χ0v) is 20.1. The van der Waals surface area contributed by atoms with E-state index in [-0.39, 0.29) is 17.6 Å². The second-order valence-corrected chi connectivity index (χ2v) is 9.78. The molecule has 172 valence electrons. The standard InChI is InChI=1S/C28H27N3O2S/c1-3-18-9-11-19(12-10-18)26-25(28(33)31-24-8-4-5-13-29-24)17(2)30-21-15-20(16-22(32)27(21)26)23-7-6-14-34-23/h4-14,20,26,30H,3,15-16H2,1-2H3,(H,29,31,33). The smallest absolute Gasteiger partial charge is 0.255 e. The fourth-order valence-electron chi connectivity index (χ4n) is 4.96. The van der Waals surface area contributed by atoms with Crippen molar-refractivity contribution in [2.45, 2.75) is 44.9 Å². The van der Waals surface area contributed by atoms with E-state index in [0.717, 1.165) is 29.8 Å². The number of Topliss-reactive ketones (excluding diaryl/α,β-unsaturated/α-hetero) is 1. The number of carbonyl (C=O) groups is 2. The summed E-state index contributed by atoms with van der Waals surface area (Å²) in [7, 11) is 0. The predicted molar refractivity (Wildman–Crippen MR) is 136 cm³/mol. The number of pyridine rings is 1. The van der Waals surface area contributed by atoms with Gasteiger partial charge in [-0.1, -0.05) is 43.3 Å². The van der Waals surface area contributed by atoms with E-state index in [1.165, 1.54) is 10.4 Å². The fourth-order valence-corrected chi connectivity index (χ4v) is 5.79. The molecule has 1 aliphatic carbocycles. The van der Waals surface area contributed by atoms with Crippen molar-refractivity contribution < 1.29 is 9.59 Å². The van der Waals surface area contributed by atoms with Crippen LogP contribution < -0.4 is 10.6 Å². The van der Waals surface area contributed by atoms with Gasteiger partial charge in [-0.25, -0.2) is 4.98 Å². The first-order valence-electron chi connectivity index (χ1n) is 11.6. The molecule has 0 bridgehead atoms. The first kappa shape index (κ1) is 22.3. The summed E-state index contributed by atoms with van der Waals surface area (Å²) in [4.78, 5) is 32.6. The molecule has 0 saturated carbocycles. The molecule has 2 atom stereocenters. The monoisotopic (exact) mass is 469 g/mol. The highest BCUT2D eigenvalue weighted by molar-refractivity contribution is 7.10. The lowest BCUT2D eigenvalue weighted by molar-refractivity contribution is -0.116. The van der Waals surface area contributed by atoms with Gasteiger partial charge in [0.15, 0.2) is 5.78 Å². The lowest BCUT2D eigenvalue weighted by Crippen LogP contribution is -2.37. The van der Waals surface area contributed by atoms with Gasteiger partial charge in [-0.15, -0.1) is 11.3 Å². The second-order valence-electron chi connectivity index (χ2n) is 8.80. The van der Waals surface area contributed by atoms with Gasteiger partial charge < -0.3 is 10.6 Å². The topological polar surface area (TPSA) is 71.1 Å². The van der Waals surface area contributed by atoms with E-state index in [0.29, 0.717) is 23.4 Å². The summed E-state index contributed by atoms with van der Waals surface area (Å²) in [6, 6.07) is 17.8. The molecular formula is C28H27N3O2S. The van der Waals surface area contributed by atoms with Crippen molar-refractivity contribution in [2.75, 3.05) is 5.32 Å². The van der Waals surface area contributed by atoms with Crippen LogP contribution in [-0.4, -0.2) is 16.7 Å². The van der Waals surface area contributed by atoms with Crippen molar-refractivity contribution in [1.29, 1.82) is 0 Å². The van der Waals surface area contributed by atoms with E-state index in [9.17, 15) is 9.59 Å². The second kappa shape index (κ2) is 9.39. The summed E-state index contributed by atoms with van der Waals surface area (Å²) < 4.78 is 0. The molecule has 1 aromatic carbocycles. The average Bonchev–Trinajstić information content (AvgIpc) is 3.39. The minimum Gasteiger partial charge on any atom is -0.362 e. The van der Waals surface area contributed by atoms with Gasteiger partial charge in [0, 0.05) is 51.9 Å². The Morgan fingerprint density at radius 1 is 1.12 bits per heavy atom. The molecule has 6 heteroatoms. The summed E-state index contributed by atoms with van der Waals surface area (Å²) in [5, 5.41) is 8.42. The van der Waals surface area contributed by atoms with Crippen LogP contribution in [0.4, 0.5) is 5.82 Å². The van der Waals surface area contributed by atoms with Crippen LogP contribution in [0.1, 0.15) is 54.5 Å². The maximum absolute atomic E-state index is 13.6. The molecule has 2 aliphatic rings. The van der Waals surface area contributed by atoms with Crippen LogP contribution in [0.3, 0.4) is 0 Å². The van der Waals surface area contributed by atoms with Crippen molar-refractivity contribution in [2.24, 2.45) is 0 Å². The minimum absolute atomic E-state index is 0.104. The molecule has 5 nitrogen and oxygen atoms in total. The molecule has 2 N–H and O–H groups in total. The summed E-state index contributed by atoms with van der Waals surface area (Å²) in [5.74, 6) is 0.0990. The molecule has 1 amide bonds. The molecule has 3 aromatic rings. The number of hydrogen-bond donors (Lipinski definition) is 2. The number of aromatic nitrogens is 1. The first-order chi connectivity index (χ1) is 16.5. The van der Waals surface area contributed by atoms with Gasteiger partial charge in [-0.05, 0) is 54.5 Å². The van der Waals surface area contributed by atoms with E-state index in [1.54, 1.807) is 23.6 Å². The number of anilines is 1. The Morgan fingerprint density at radius 2 is 1.94 bits per heavy atom. The van der Waals surface area contributed by atoms with E-state index >= 15 is 0 Å². The van der Waals surface area contributed by atoms with Crippen LogP contribution in [0.5, 0.6) is 0 Å². The number of aryl methyl sites for hydroxylation is 1. The third-order valence-corrected chi connectivity index (χ3v) is 7.68. The number of rotatable bonds is 5. The first-order valence-corrected chi connectivity index (χ1v) is 12.5. The highest BCUT2D eigenvalue weighted by atomic mass is 32.1. The Balaban J connectivity index is 1.57. The van der Waals surface area contributed by atoms with E-state index in [1.807, 2.05) is 25.1 Å². The van der Waals surface area contributed by atoms with E-state index in [2.05, 4.69) is 58.3 Å². The number of carbonyl (C=O) groups excluding carboxylic acids is 2. The van der Waals surface area contributed by atoms with Crippen molar-refractivity contribution in [3.63, 3.8) is 0 Å². The van der Waals surface area contributed by atoms with E-state index < -0.39 is 5.92 Å². The number of benzene rings is 1. The van der Waals surface area contributed by atoms with E-state index in [4.69, 9.17) is 0 Å². The average molecular weight is 470 g/mol. The summed E-state index contributed by atoms with van der Waals surface area (Å²) in [6.45, 7) is 4.04. The van der Waals surface area contributed by atoms with Crippen molar-refractivity contribution in [1.82, 2.24) is 10.3 Å². The SMILES string of the molecule is CCc1ccc(C2C(C(=O)Nc3ccccn3)=C(C)NC3=C2C(=O)CC(c2cccs2)C3)cc1. The van der Waals surface area contributed by atoms with Gasteiger partial charge >= 0.3 is 0 Å². The van der Waals surface area contributed by atoms with Gasteiger partial charge in [-0.2, -0.15) is 0 Å². The third kappa shape index (κ3) is 4.21. The Kier molecular flexibility index (Phi) is 6.16. The highest BCUT2D eigenvalue weighted by Gasteiger charge is 2.41. The van der Waals surface area contributed by atoms with Gasteiger partial charge in [0.2, 0.25) is 0 Å². The molecule has 0 radical (unpaired) electrons. The molecule has 34 heavy (non-hydrogen) atoms. The number of nitrogens with one attached hydrogen (secondary N) is 2. The number of ketones is 1. The summed E-state index contributed by atoms with van der Waals surface area (Å²) >= 11 is 1.69. The number of nitrogens with zero attached hydrogens (tertiary/aromatic N) is 1. The number of hydrogen-bond acceptors (Lipinski definition) is 5. The van der Waals surface area contributed by atoms with Crippen LogP contribution >= 0.6 is 11.3 Å². The van der Waals surface area contributed by atoms with Gasteiger partial charge in [0.1, 0.15) is 5.82 Å². The lowest BCUT2D eigenvalue weighted by Gasteiger charge is -2.36. The van der Waals surface area contributed by atoms with Gasteiger partial charge in [0.05, 0.1) is 0 Å². The Bertz CT molecular complexity index is 1270. The molecule has 1 aliphatic heterocycles. The zero-order chi connectivity index (χ0) is 23.7. The van der Waals surface area contributed by atoms with Crippen LogP contribution in [0.2, 0.25) is 0 Å². The van der Waals surface area contributed by atoms with Gasteiger partial charge in [-0.3, -0.25) is 9.59 Å². The predicted octanol–water partition coefficient (Wildman–Crippen LogP) is 5.71. The number of dihydropyridines is 1. The summed E-state index contributed by atoms with van der Waals surface area (Å²) in [5.41, 5.74) is 5.17. The molecule has 0 spiro atoms. The summed E-state index contributed by atoms with van der Waals surface area (Å²) in [6.07, 6.45) is 3.80. The number of thiophene rings is 1. The van der Waals surface area contributed by atoms with Crippen molar-refractivity contribution in [3.8, 4) is 0 Å². The van der Waals surface area contributed by atoms with Crippen molar-refractivity contribution >= 4 is 28.8 Å². The quantitative estimate of drug-likeness (QED) is 0.502. The molecule has 2 unspecified atom stereocenters. The Morgan fingerprint density at radius 3 is 2.62 bits per heavy atom. The maximum Gasteiger partial charge on any atom is 0.255 e. The minimum atomic E-state index is -0.414. The fraction of sp³-hybridized carbons (Fsp3) is 0.250. The van der Waals surface area contributed by atoms with Crippen LogP contribution in [-0.2, 0) is 16.0 Å². The maximum atomic E-state index is 13.6. The molecule has 0 fully saturated rings. The van der Waals surface area contributed by atoms with Crippen molar-refractivity contribution in [3.05, 3.63) is 105 Å². The largest absolute Gasteiger partial charge is 0.362 e. The Labute approximate surface area is 203 Å². The Hall–Kier alpha value is -3.51. The normalized spacial score (nSPS) is 20.1. The molecule has 2 aromatic heterocycles. The van der Waals surface area contributed by atoms with Crippen LogP contribution in [0, 0.1) is 0 Å². The molecule has 0 saturated heterocycles. The third-order valence-electron chi connectivity index (χ3n) is 6.65. The van der Waals surface area contributed by atoms with Crippen LogP contribution in [0.25, 0.3) is 0 Å². The molecule has 5 rings (SSSR count). The lowest BCUT2D eigenvalue weighted by atomic mass is 9.72. The molecule has 3 heterocycles. The number of amides is 1. The zero-order valence-electron chi connectivity index (χ0n) is 19.3.